The molecule has 5 heteroatoms. The van der Waals surface area contributed by atoms with Crippen LogP contribution in [0.15, 0.2) is 29.1 Å². The van der Waals surface area contributed by atoms with Gasteiger partial charge in [0.2, 0.25) is 0 Å². The van der Waals surface area contributed by atoms with Gasteiger partial charge in [-0.3, -0.25) is 4.79 Å². The molecule has 1 N–H and O–H groups in total. The highest BCUT2D eigenvalue weighted by molar-refractivity contribution is 7.14. The van der Waals surface area contributed by atoms with Crippen LogP contribution < -0.4 is 5.56 Å². The molecule has 1 aromatic heterocycles. The number of carbonyl (C=O) groups is 1. The quantitative estimate of drug-likeness (QED) is 0.924. The molecule has 0 saturated carbocycles. The first kappa shape index (κ1) is 12.8. The third-order valence-corrected chi connectivity index (χ3v) is 4.70. The number of benzene rings is 1. The molecule has 2 rings (SSSR count). The zero-order valence-electron chi connectivity index (χ0n) is 10.3. The fourth-order valence-electron chi connectivity index (χ4n) is 2.18. The number of fused-ring (bicyclic) bond motifs is 1. The molecular formula is C13H15NO3S. The van der Waals surface area contributed by atoms with Crippen LogP contribution in [0.4, 0.5) is 0 Å². The summed E-state index contributed by atoms with van der Waals surface area (Å²) in [5, 5.41) is 10.1. The lowest BCUT2D eigenvalue weighted by Crippen LogP contribution is -2.44. The maximum atomic E-state index is 12.3. The number of rotatable bonds is 4. The smallest absolute Gasteiger partial charge is 0.330 e. The minimum Gasteiger partial charge on any atom is -0.479 e. The third kappa shape index (κ3) is 1.66. The Balaban J connectivity index is 2.77. The molecule has 0 aliphatic carbocycles. The van der Waals surface area contributed by atoms with Gasteiger partial charge in [0.1, 0.15) is 0 Å². The summed E-state index contributed by atoms with van der Waals surface area (Å²) < 4.78 is 2.25. The molecule has 4 nitrogen and oxygen atoms in total. The van der Waals surface area contributed by atoms with Gasteiger partial charge in [0.15, 0.2) is 5.54 Å². The molecule has 0 bridgehead atoms. The Morgan fingerprint density at radius 3 is 2.44 bits per heavy atom. The Labute approximate surface area is 109 Å². The molecule has 0 spiro atoms. The van der Waals surface area contributed by atoms with Crippen LogP contribution in [-0.2, 0) is 10.3 Å². The van der Waals surface area contributed by atoms with E-state index in [4.69, 9.17) is 0 Å². The Morgan fingerprint density at radius 2 is 1.94 bits per heavy atom. The van der Waals surface area contributed by atoms with Crippen LogP contribution in [-0.4, -0.2) is 15.0 Å². The number of nitrogens with zero attached hydrogens (tertiary/aromatic N) is 1. The lowest BCUT2D eigenvalue weighted by atomic mass is 9.93. The monoisotopic (exact) mass is 265 g/mol. The van der Waals surface area contributed by atoms with E-state index in [1.807, 2.05) is 12.1 Å². The Hall–Kier alpha value is -1.62. The van der Waals surface area contributed by atoms with E-state index in [9.17, 15) is 14.7 Å². The summed E-state index contributed by atoms with van der Waals surface area (Å²) in [4.78, 5) is 23.9. The molecule has 18 heavy (non-hydrogen) atoms. The molecule has 0 amide bonds. The third-order valence-electron chi connectivity index (χ3n) is 3.45. The van der Waals surface area contributed by atoms with Gasteiger partial charge in [-0.2, -0.15) is 0 Å². The molecule has 0 radical (unpaired) electrons. The van der Waals surface area contributed by atoms with E-state index in [1.54, 1.807) is 26.0 Å². The van der Waals surface area contributed by atoms with Crippen LogP contribution in [0.1, 0.15) is 26.7 Å². The Kier molecular flexibility index (Phi) is 3.26. The molecule has 0 atom stereocenters. The molecule has 0 fully saturated rings. The molecule has 96 valence electrons. The van der Waals surface area contributed by atoms with E-state index >= 15 is 0 Å². The van der Waals surface area contributed by atoms with Crippen molar-refractivity contribution in [3.8, 4) is 0 Å². The van der Waals surface area contributed by atoms with Crippen LogP contribution in [0.3, 0.4) is 0 Å². The molecule has 0 aliphatic heterocycles. The Morgan fingerprint density at radius 1 is 1.33 bits per heavy atom. The van der Waals surface area contributed by atoms with Crippen molar-refractivity contribution in [3.63, 3.8) is 0 Å². The van der Waals surface area contributed by atoms with Crippen molar-refractivity contribution in [1.82, 2.24) is 3.96 Å². The molecule has 1 aromatic carbocycles. The standard InChI is InChI=1S/C13H15NO3S/c1-3-13(4-2,12(16)17)14-11(15)9-7-5-6-8-10(9)18-14/h5-8H,3-4H2,1-2H3,(H,16,17). The fraction of sp³-hybridized carbons (Fsp3) is 0.385. The number of hydrogen-bond donors (Lipinski definition) is 1. The molecule has 0 unspecified atom stereocenters. The summed E-state index contributed by atoms with van der Waals surface area (Å²) in [5.74, 6) is -0.943. The summed E-state index contributed by atoms with van der Waals surface area (Å²) in [7, 11) is 0. The van der Waals surface area contributed by atoms with Crippen molar-refractivity contribution in [3.05, 3.63) is 34.6 Å². The van der Waals surface area contributed by atoms with Crippen LogP contribution in [0, 0.1) is 0 Å². The first-order valence-corrected chi connectivity index (χ1v) is 6.69. The van der Waals surface area contributed by atoms with Gasteiger partial charge in [-0.15, -0.1) is 0 Å². The van der Waals surface area contributed by atoms with Crippen molar-refractivity contribution in [1.29, 1.82) is 0 Å². The van der Waals surface area contributed by atoms with Gasteiger partial charge >= 0.3 is 5.97 Å². The summed E-state index contributed by atoms with van der Waals surface area (Å²) in [6.07, 6.45) is 0.789. The van der Waals surface area contributed by atoms with Gasteiger partial charge in [0, 0.05) is 0 Å². The van der Waals surface area contributed by atoms with E-state index in [0.717, 1.165) is 4.70 Å². The van der Waals surface area contributed by atoms with E-state index in [-0.39, 0.29) is 5.56 Å². The Bertz CT molecular complexity index is 637. The van der Waals surface area contributed by atoms with Gasteiger partial charge < -0.3 is 5.11 Å². The van der Waals surface area contributed by atoms with Crippen molar-refractivity contribution in [2.75, 3.05) is 0 Å². The lowest BCUT2D eigenvalue weighted by Gasteiger charge is -2.26. The number of hydrogen-bond acceptors (Lipinski definition) is 3. The highest BCUT2D eigenvalue weighted by Crippen LogP contribution is 2.29. The molecule has 0 saturated heterocycles. The van der Waals surface area contributed by atoms with Crippen molar-refractivity contribution in [2.45, 2.75) is 32.2 Å². The normalized spacial score (nSPS) is 11.9. The van der Waals surface area contributed by atoms with Crippen LogP contribution >= 0.6 is 11.5 Å². The minimum atomic E-state index is -1.12. The minimum absolute atomic E-state index is 0.207. The first-order chi connectivity index (χ1) is 8.56. The van der Waals surface area contributed by atoms with E-state index in [1.165, 1.54) is 15.5 Å². The summed E-state index contributed by atoms with van der Waals surface area (Å²) in [5.41, 5.74) is -1.33. The molecule has 1 heterocycles. The predicted octanol–water partition coefficient (Wildman–Crippen LogP) is 2.66. The molecule has 2 aromatic rings. The van der Waals surface area contributed by atoms with Crippen LogP contribution in [0.5, 0.6) is 0 Å². The number of carboxylic acid groups (broad SMARTS) is 1. The number of aromatic nitrogens is 1. The van der Waals surface area contributed by atoms with Gasteiger partial charge in [-0.05, 0) is 25.0 Å². The highest BCUT2D eigenvalue weighted by atomic mass is 32.1. The summed E-state index contributed by atoms with van der Waals surface area (Å²) >= 11 is 1.23. The van der Waals surface area contributed by atoms with Crippen LogP contribution in [0.2, 0.25) is 0 Å². The van der Waals surface area contributed by atoms with Gasteiger partial charge in [0.05, 0.1) is 10.1 Å². The highest BCUT2D eigenvalue weighted by Gasteiger charge is 2.39. The maximum absolute atomic E-state index is 12.3. The average molecular weight is 265 g/mol. The number of aliphatic carboxylic acids is 1. The first-order valence-electron chi connectivity index (χ1n) is 5.91. The van der Waals surface area contributed by atoms with E-state index in [2.05, 4.69) is 0 Å². The average Bonchev–Trinajstić information content (AvgIpc) is 2.70. The number of carboxylic acids is 1. The van der Waals surface area contributed by atoms with Crippen molar-refractivity contribution < 1.29 is 9.90 Å². The summed E-state index contributed by atoms with van der Waals surface area (Å²) in [6, 6.07) is 7.22. The van der Waals surface area contributed by atoms with Gasteiger partial charge in [-0.1, -0.05) is 37.5 Å². The molecular weight excluding hydrogens is 250 g/mol. The summed E-state index contributed by atoms with van der Waals surface area (Å²) in [6.45, 7) is 3.60. The fourth-order valence-corrected chi connectivity index (χ4v) is 3.46. The topological polar surface area (TPSA) is 59.3 Å². The SMILES string of the molecule is CCC(CC)(C(=O)O)n1sc2ccccc2c1=O. The zero-order chi connectivity index (χ0) is 13.3. The predicted molar refractivity (Wildman–Crippen MR) is 72.3 cm³/mol. The second-order valence-corrected chi connectivity index (χ2v) is 5.22. The molecule has 0 aliphatic rings. The lowest BCUT2D eigenvalue weighted by molar-refractivity contribution is -0.147. The van der Waals surface area contributed by atoms with E-state index in [0.29, 0.717) is 18.2 Å². The van der Waals surface area contributed by atoms with Gasteiger partial charge in [-0.25, -0.2) is 8.75 Å². The van der Waals surface area contributed by atoms with Crippen LogP contribution in [0.25, 0.3) is 10.1 Å². The van der Waals surface area contributed by atoms with Gasteiger partial charge in [0.25, 0.3) is 5.56 Å². The largest absolute Gasteiger partial charge is 0.479 e. The van der Waals surface area contributed by atoms with Crippen molar-refractivity contribution in [2.24, 2.45) is 0 Å². The second-order valence-electron chi connectivity index (χ2n) is 4.23. The van der Waals surface area contributed by atoms with E-state index < -0.39 is 11.5 Å². The maximum Gasteiger partial charge on any atom is 0.330 e. The van der Waals surface area contributed by atoms with Crippen molar-refractivity contribution >= 4 is 27.6 Å². The second kappa shape index (κ2) is 4.57. The zero-order valence-corrected chi connectivity index (χ0v) is 11.2.